The maximum Gasteiger partial charge on any atom is 0.338 e. The van der Waals surface area contributed by atoms with Gasteiger partial charge >= 0.3 is 5.97 Å². The molecule has 0 aromatic heterocycles. The van der Waals surface area contributed by atoms with Crippen LogP contribution < -0.4 is 4.74 Å². The van der Waals surface area contributed by atoms with Gasteiger partial charge in [-0.25, -0.2) is 9.18 Å². The van der Waals surface area contributed by atoms with Gasteiger partial charge in [-0.05, 0) is 41.5 Å². The minimum Gasteiger partial charge on any atom is -0.493 e. The summed E-state index contributed by atoms with van der Waals surface area (Å²) in [6.45, 7) is 1.52. The lowest BCUT2D eigenvalue weighted by atomic mass is 9.82. The Morgan fingerprint density at radius 1 is 1.00 bits per heavy atom. The van der Waals surface area contributed by atoms with Crippen LogP contribution in [0.2, 0.25) is 0 Å². The second-order valence-electron chi connectivity index (χ2n) is 8.73. The molecule has 2 aliphatic rings. The molecule has 0 amide bonds. The summed E-state index contributed by atoms with van der Waals surface area (Å²) in [5.74, 6) is -1.51. The van der Waals surface area contributed by atoms with E-state index < -0.39 is 11.8 Å². The summed E-state index contributed by atoms with van der Waals surface area (Å²) in [4.78, 5) is 14.0. The number of likely N-dealkylation sites (tertiary alicyclic amines) is 1. The standard InChI is InChI=1S/C27H26FNO3/c1-32-26-23(21(17-12-13-17)14-22(24(26)28)27(30)31)20-15-29(16-20)25(18-8-4-2-5-9-18)19-10-6-3-7-11-19/h2-11,14,17,20,25H,12-13,15-16H2,1H3,(H,30,31). The molecule has 1 aliphatic heterocycles. The van der Waals surface area contributed by atoms with Crippen molar-refractivity contribution in [3.05, 3.63) is 100 Å². The smallest absolute Gasteiger partial charge is 0.338 e. The number of rotatable bonds is 7. The fraction of sp³-hybridized carbons (Fsp3) is 0.296. The van der Waals surface area contributed by atoms with Gasteiger partial charge < -0.3 is 9.84 Å². The Labute approximate surface area is 187 Å². The molecule has 4 nitrogen and oxygen atoms in total. The Morgan fingerprint density at radius 3 is 2.03 bits per heavy atom. The van der Waals surface area contributed by atoms with Crippen molar-refractivity contribution in [3.63, 3.8) is 0 Å². The summed E-state index contributed by atoms with van der Waals surface area (Å²) < 4.78 is 20.5. The summed E-state index contributed by atoms with van der Waals surface area (Å²) in [5.41, 5.74) is 3.95. The number of aromatic carboxylic acids is 1. The number of halogens is 1. The molecule has 2 fully saturated rings. The van der Waals surface area contributed by atoms with Crippen LogP contribution in [0.1, 0.15) is 63.3 Å². The zero-order valence-corrected chi connectivity index (χ0v) is 18.0. The molecule has 0 unspecified atom stereocenters. The van der Waals surface area contributed by atoms with Crippen molar-refractivity contribution in [2.24, 2.45) is 0 Å². The highest BCUT2D eigenvalue weighted by atomic mass is 19.1. The third-order valence-electron chi connectivity index (χ3n) is 6.66. The van der Waals surface area contributed by atoms with Gasteiger partial charge in [-0.2, -0.15) is 0 Å². The molecule has 0 radical (unpaired) electrons. The molecule has 0 atom stereocenters. The van der Waals surface area contributed by atoms with Crippen molar-refractivity contribution >= 4 is 5.97 Å². The summed E-state index contributed by atoms with van der Waals surface area (Å²) in [5, 5.41) is 9.48. The van der Waals surface area contributed by atoms with E-state index in [1.807, 2.05) is 12.1 Å². The molecule has 32 heavy (non-hydrogen) atoms. The number of hydrogen-bond donors (Lipinski definition) is 1. The molecule has 1 N–H and O–H groups in total. The molecule has 5 rings (SSSR count). The molecule has 1 saturated carbocycles. The summed E-state index contributed by atoms with van der Waals surface area (Å²) in [6.07, 6.45) is 2.02. The van der Waals surface area contributed by atoms with Crippen LogP contribution in [0.15, 0.2) is 66.7 Å². The molecule has 5 heteroatoms. The van der Waals surface area contributed by atoms with E-state index in [4.69, 9.17) is 4.74 Å². The van der Waals surface area contributed by atoms with Crippen molar-refractivity contribution in [2.45, 2.75) is 30.7 Å². The zero-order chi connectivity index (χ0) is 22.2. The van der Waals surface area contributed by atoms with Crippen molar-refractivity contribution in [2.75, 3.05) is 20.2 Å². The maximum absolute atomic E-state index is 15.0. The van der Waals surface area contributed by atoms with E-state index >= 15 is 4.39 Å². The number of methoxy groups -OCH3 is 1. The maximum atomic E-state index is 15.0. The largest absolute Gasteiger partial charge is 0.493 e. The first-order valence-corrected chi connectivity index (χ1v) is 11.1. The molecule has 1 saturated heterocycles. The monoisotopic (exact) mass is 431 g/mol. The number of nitrogens with zero attached hydrogens (tertiary/aromatic N) is 1. The summed E-state index contributed by atoms with van der Waals surface area (Å²) >= 11 is 0. The summed E-state index contributed by atoms with van der Waals surface area (Å²) in [7, 11) is 1.43. The number of ether oxygens (including phenoxy) is 1. The lowest BCUT2D eigenvalue weighted by molar-refractivity contribution is 0.0690. The van der Waals surface area contributed by atoms with E-state index in [0.29, 0.717) is 5.92 Å². The van der Waals surface area contributed by atoms with Crippen LogP contribution in [0.5, 0.6) is 5.75 Å². The Hall–Kier alpha value is -3.18. The van der Waals surface area contributed by atoms with Crippen LogP contribution in [0, 0.1) is 5.82 Å². The van der Waals surface area contributed by atoms with Gasteiger partial charge in [0.25, 0.3) is 0 Å². The second-order valence-corrected chi connectivity index (χ2v) is 8.73. The zero-order valence-electron chi connectivity index (χ0n) is 18.0. The van der Waals surface area contributed by atoms with Crippen LogP contribution in [-0.4, -0.2) is 36.2 Å². The highest BCUT2D eigenvalue weighted by Crippen LogP contribution is 2.50. The Balaban J connectivity index is 1.49. The first-order chi connectivity index (χ1) is 15.6. The van der Waals surface area contributed by atoms with Crippen LogP contribution in [0.4, 0.5) is 4.39 Å². The normalized spacial score (nSPS) is 16.7. The first-order valence-electron chi connectivity index (χ1n) is 11.1. The molecule has 1 heterocycles. The highest BCUT2D eigenvalue weighted by molar-refractivity contribution is 5.89. The van der Waals surface area contributed by atoms with E-state index in [1.165, 1.54) is 18.2 Å². The van der Waals surface area contributed by atoms with Crippen LogP contribution in [0.25, 0.3) is 0 Å². The predicted molar refractivity (Wildman–Crippen MR) is 121 cm³/mol. The van der Waals surface area contributed by atoms with Crippen LogP contribution >= 0.6 is 0 Å². The lowest BCUT2D eigenvalue weighted by Gasteiger charge is -2.46. The topological polar surface area (TPSA) is 49.8 Å². The molecule has 1 aliphatic carbocycles. The van der Waals surface area contributed by atoms with E-state index in [0.717, 1.165) is 37.1 Å². The fourth-order valence-electron chi connectivity index (χ4n) is 4.97. The van der Waals surface area contributed by atoms with Crippen LogP contribution in [-0.2, 0) is 0 Å². The molecule has 3 aromatic carbocycles. The van der Waals surface area contributed by atoms with Gasteiger partial charge in [0.15, 0.2) is 11.6 Å². The Kier molecular flexibility index (Phi) is 5.43. The third-order valence-corrected chi connectivity index (χ3v) is 6.66. The Morgan fingerprint density at radius 2 is 1.56 bits per heavy atom. The number of carboxylic acid groups (broad SMARTS) is 1. The Bertz CT molecular complexity index is 1080. The SMILES string of the molecule is COc1c(F)c(C(=O)O)cc(C2CC2)c1C1CN(C(c2ccccc2)c2ccccc2)C1. The minimum atomic E-state index is -1.25. The molecule has 0 spiro atoms. The van der Waals surface area contributed by atoms with Crippen molar-refractivity contribution in [3.8, 4) is 5.75 Å². The van der Waals surface area contributed by atoms with Crippen molar-refractivity contribution in [1.29, 1.82) is 0 Å². The molecule has 0 bridgehead atoms. The molecular weight excluding hydrogens is 405 g/mol. The van der Waals surface area contributed by atoms with Gasteiger partial charge in [-0.3, -0.25) is 4.90 Å². The number of benzene rings is 3. The molecule has 164 valence electrons. The van der Waals surface area contributed by atoms with Gasteiger partial charge in [-0.1, -0.05) is 60.7 Å². The lowest BCUT2D eigenvalue weighted by Crippen LogP contribution is -2.47. The van der Waals surface area contributed by atoms with E-state index in [9.17, 15) is 9.90 Å². The first kappa shape index (κ1) is 20.7. The third kappa shape index (κ3) is 3.67. The molecule has 3 aromatic rings. The minimum absolute atomic E-state index is 0.104. The van der Waals surface area contributed by atoms with Crippen molar-refractivity contribution in [1.82, 2.24) is 4.90 Å². The summed E-state index contributed by atoms with van der Waals surface area (Å²) in [6, 6.07) is 22.5. The van der Waals surface area contributed by atoms with Gasteiger partial charge in [0.05, 0.1) is 18.7 Å². The number of carbonyl (C=O) groups is 1. The molecular formula is C27H26FNO3. The second kappa shape index (κ2) is 8.40. The van der Waals surface area contributed by atoms with E-state index in [-0.39, 0.29) is 23.3 Å². The predicted octanol–water partition coefficient (Wildman–Crippen LogP) is 5.60. The van der Waals surface area contributed by atoms with E-state index in [1.54, 1.807) is 6.07 Å². The average Bonchev–Trinajstić information content (AvgIpc) is 3.62. The van der Waals surface area contributed by atoms with Gasteiger partial charge in [0, 0.05) is 24.6 Å². The van der Waals surface area contributed by atoms with E-state index in [2.05, 4.69) is 53.4 Å². The number of carboxylic acids is 1. The quantitative estimate of drug-likeness (QED) is 0.529. The number of hydrogen-bond acceptors (Lipinski definition) is 3. The average molecular weight is 432 g/mol. The van der Waals surface area contributed by atoms with Gasteiger partial charge in [-0.15, -0.1) is 0 Å². The highest BCUT2D eigenvalue weighted by Gasteiger charge is 2.41. The fourth-order valence-corrected chi connectivity index (χ4v) is 4.97. The van der Waals surface area contributed by atoms with Gasteiger partial charge in [0.2, 0.25) is 0 Å². The van der Waals surface area contributed by atoms with Crippen molar-refractivity contribution < 1.29 is 19.0 Å². The van der Waals surface area contributed by atoms with Gasteiger partial charge in [0.1, 0.15) is 0 Å². The van der Waals surface area contributed by atoms with Crippen LogP contribution in [0.3, 0.4) is 0 Å².